The van der Waals surface area contributed by atoms with Gasteiger partial charge in [-0.2, -0.15) is 9.50 Å². The zero-order valence-electron chi connectivity index (χ0n) is 19.5. The lowest BCUT2D eigenvalue weighted by Gasteiger charge is -2.30. The van der Waals surface area contributed by atoms with E-state index < -0.39 is 0 Å². The predicted octanol–water partition coefficient (Wildman–Crippen LogP) is 2.46. The highest BCUT2D eigenvalue weighted by molar-refractivity contribution is 5.93. The first kappa shape index (κ1) is 22.8. The fourth-order valence-electron chi connectivity index (χ4n) is 4.28. The van der Waals surface area contributed by atoms with Crippen molar-refractivity contribution in [1.82, 2.24) is 24.5 Å². The SMILES string of the molecule is COCCOc1cccc2c1CCN(CCNc1nc(N)n3nc(-c4ccco4)nc3c1C=N)C2. The molecule has 0 spiro atoms. The van der Waals surface area contributed by atoms with Crippen molar-refractivity contribution >= 4 is 23.6 Å². The van der Waals surface area contributed by atoms with Crippen LogP contribution in [0.15, 0.2) is 41.0 Å². The third-order valence-corrected chi connectivity index (χ3v) is 6.00. The molecule has 4 heterocycles. The average Bonchev–Trinajstić information content (AvgIpc) is 3.55. The number of nitrogens with two attached hydrogens (primary N) is 1. The maximum Gasteiger partial charge on any atom is 0.225 e. The van der Waals surface area contributed by atoms with E-state index in [1.54, 1.807) is 25.5 Å². The summed E-state index contributed by atoms with van der Waals surface area (Å²) in [4.78, 5) is 11.3. The highest BCUT2D eigenvalue weighted by atomic mass is 16.5. The van der Waals surface area contributed by atoms with Gasteiger partial charge in [0.15, 0.2) is 11.4 Å². The van der Waals surface area contributed by atoms with Gasteiger partial charge in [-0.1, -0.05) is 12.1 Å². The molecule has 11 nitrogen and oxygen atoms in total. The molecule has 0 saturated carbocycles. The van der Waals surface area contributed by atoms with Gasteiger partial charge in [0.05, 0.1) is 18.4 Å². The molecule has 11 heteroatoms. The minimum atomic E-state index is 0.186. The molecular weight excluding hydrogens is 448 g/mol. The maximum absolute atomic E-state index is 7.93. The number of nitrogens with zero attached hydrogens (tertiary/aromatic N) is 5. The van der Waals surface area contributed by atoms with E-state index in [2.05, 4.69) is 31.3 Å². The second-order valence-corrected chi connectivity index (χ2v) is 8.21. The van der Waals surface area contributed by atoms with Crippen molar-refractivity contribution in [1.29, 1.82) is 5.41 Å². The quantitative estimate of drug-likeness (QED) is 0.232. The summed E-state index contributed by atoms with van der Waals surface area (Å²) < 4.78 is 17.8. The minimum Gasteiger partial charge on any atom is -0.491 e. The van der Waals surface area contributed by atoms with Crippen LogP contribution in [0.4, 0.5) is 11.8 Å². The largest absolute Gasteiger partial charge is 0.491 e. The summed E-state index contributed by atoms with van der Waals surface area (Å²) in [6.07, 6.45) is 3.70. The molecule has 0 bridgehead atoms. The van der Waals surface area contributed by atoms with Crippen molar-refractivity contribution in [3.05, 3.63) is 53.3 Å². The van der Waals surface area contributed by atoms with E-state index in [1.165, 1.54) is 21.9 Å². The van der Waals surface area contributed by atoms with Gasteiger partial charge in [0, 0.05) is 39.5 Å². The van der Waals surface area contributed by atoms with Crippen LogP contribution in [-0.4, -0.2) is 70.7 Å². The van der Waals surface area contributed by atoms with E-state index in [0.29, 0.717) is 48.4 Å². The lowest BCUT2D eigenvalue weighted by Crippen LogP contribution is -2.34. The number of anilines is 2. The number of hydrogen-bond acceptors (Lipinski definition) is 10. The van der Waals surface area contributed by atoms with Crippen LogP contribution >= 0.6 is 0 Å². The van der Waals surface area contributed by atoms with Crippen LogP contribution in [0.1, 0.15) is 16.7 Å². The zero-order valence-corrected chi connectivity index (χ0v) is 19.5. The van der Waals surface area contributed by atoms with Gasteiger partial charge < -0.3 is 30.4 Å². The van der Waals surface area contributed by atoms with Crippen molar-refractivity contribution in [2.45, 2.75) is 13.0 Å². The number of hydrogen-bond donors (Lipinski definition) is 3. The summed E-state index contributed by atoms with van der Waals surface area (Å²) in [5, 5.41) is 15.6. The number of fused-ring (bicyclic) bond motifs is 2. The Balaban J connectivity index is 1.26. The molecule has 4 N–H and O–H groups in total. The molecule has 1 aromatic carbocycles. The van der Waals surface area contributed by atoms with E-state index in [0.717, 1.165) is 31.8 Å². The number of nitrogens with one attached hydrogen (secondary N) is 2. The molecule has 0 fully saturated rings. The molecular formula is C24H28N8O3. The number of nitrogen functional groups attached to an aromatic ring is 1. The summed E-state index contributed by atoms with van der Waals surface area (Å²) in [7, 11) is 1.67. The van der Waals surface area contributed by atoms with Crippen molar-refractivity contribution < 1.29 is 13.9 Å². The highest BCUT2D eigenvalue weighted by Gasteiger charge is 2.21. The average molecular weight is 477 g/mol. The molecule has 3 aromatic heterocycles. The van der Waals surface area contributed by atoms with Gasteiger partial charge in [-0.25, -0.2) is 4.98 Å². The predicted molar refractivity (Wildman–Crippen MR) is 132 cm³/mol. The summed E-state index contributed by atoms with van der Waals surface area (Å²) in [6.45, 7) is 4.35. The van der Waals surface area contributed by atoms with E-state index in [-0.39, 0.29) is 5.95 Å². The molecule has 0 saturated heterocycles. The molecule has 35 heavy (non-hydrogen) atoms. The molecule has 0 radical (unpaired) electrons. The van der Waals surface area contributed by atoms with E-state index in [4.69, 9.17) is 25.0 Å². The Bertz CT molecular complexity index is 1320. The van der Waals surface area contributed by atoms with Crippen molar-refractivity contribution in [2.24, 2.45) is 0 Å². The Morgan fingerprint density at radius 3 is 2.94 bits per heavy atom. The van der Waals surface area contributed by atoms with Crippen LogP contribution < -0.4 is 15.8 Å². The number of aromatic nitrogens is 4. The Morgan fingerprint density at radius 1 is 1.23 bits per heavy atom. The van der Waals surface area contributed by atoms with Crippen LogP contribution in [0.5, 0.6) is 5.75 Å². The molecule has 0 unspecified atom stereocenters. The molecule has 1 aliphatic rings. The van der Waals surface area contributed by atoms with Crippen LogP contribution in [0, 0.1) is 5.41 Å². The van der Waals surface area contributed by atoms with Crippen LogP contribution in [0.3, 0.4) is 0 Å². The van der Waals surface area contributed by atoms with E-state index in [1.807, 2.05) is 12.1 Å². The molecule has 0 atom stereocenters. The fraction of sp³-hybridized carbons (Fsp3) is 0.333. The monoisotopic (exact) mass is 476 g/mol. The summed E-state index contributed by atoms with van der Waals surface area (Å²) in [5.74, 6) is 2.56. The molecule has 5 rings (SSSR count). The smallest absolute Gasteiger partial charge is 0.225 e. The van der Waals surface area contributed by atoms with Crippen molar-refractivity contribution in [3.8, 4) is 17.3 Å². The van der Waals surface area contributed by atoms with Crippen LogP contribution in [0.2, 0.25) is 0 Å². The number of ether oxygens (including phenoxy) is 2. The maximum atomic E-state index is 7.93. The standard InChI is InChI=1S/C24H28N8O3/c1-33-12-13-35-19-5-2-4-16-15-31(9-7-17(16)19)10-8-27-21-18(14-25)23-28-22(20-6-3-11-34-20)30-32(23)24(26)29-21/h2-6,11,14,25,27H,7-10,12-13,15H2,1H3,(H2,26,29). The van der Waals surface area contributed by atoms with Crippen LogP contribution in [-0.2, 0) is 17.7 Å². The first-order valence-corrected chi connectivity index (χ1v) is 11.5. The summed E-state index contributed by atoms with van der Waals surface area (Å²) >= 11 is 0. The first-order valence-electron chi connectivity index (χ1n) is 11.5. The number of furan rings is 1. The lowest BCUT2D eigenvalue weighted by molar-refractivity contribution is 0.145. The van der Waals surface area contributed by atoms with Gasteiger partial charge in [-0.15, -0.1) is 5.10 Å². The second-order valence-electron chi connectivity index (χ2n) is 8.21. The molecule has 4 aromatic rings. The van der Waals surface area contributed by atoms with Gasteiger partial charge in [0.2, 0.25) is 11.8 Å². The second kappa shape index (κ2) is 10.1. The van der Waals surface area contributed by atoms with Gasteiger partial charge in [0.25, 0.3) is 0 Å². The lowest BCUT2D eigenvalue weighted by atomic mass is 9.98. The number of benzene rings is 1. The van der Waals surface area contributed by atoms with Gasteiger partial charge in [0.1, 0.15) is 18.2 Å². The highest BCUT2D eigenvalue weighted by Crippen LogP contribution is 2.28. The van der Waals surface area contributed by atoms with Crippen LogP contribution in [0.25, 0.3) is 17.2 Å². The normalized spacial score (nSPS) is 13.6. The first-order chi connectivity index (χ1) is 17.2. The minimum absolute atomic E-state index is 0.186. The topological polar surface area (TPSA) is 140 Å². The number of methoxy groups -OCH3 is 1. The summed E-state index contributed by atoms with van der Waals surface area (Å²) in [6, 6.07) is 9.76. The Morgan fingerprint density at radius 2 is 2.14 bits per heavy atom. The molecule has 1 aliphatic heterocycles. The number of rotatable bonds is 10. The van der Waals surface area contributed by atoms with E-state index in [9.17, 15) is 0 Å². The van der Waals surface area contributed by atoms with E-state index >= 15 is 0 Å². The zero-order chi connectivity index (χ0) is 24.2. The molecule has 182 valence electrons. The fourth-order valence-corrected chi connectivity index (χ4v) is 4.28. The third-order valence-electron chi connectivity index (χ3n) is 6.00. The van der Waals surface area contributed by atoms with Crippen molar-refractivity contribution in [3.63, 3.8) is 0 Å². The third kappa shape index (κ3) is 4.68. The Hall–Kier alpha value is -3.96. The Kier molecular flexibility index (Phi) is 6.59. The molecule has 0 aliphatic carbocycles. The van der Waals surface area contributed by atoms with Crippen molar-refractivity contribution in [2.75, 3.05) is 51.0 Å². The Labute approximate surface area is 202 Å². The molecule has 0 amide bonds. The van der Waals surface area contributed by atoms with Gasteiger partial charge in [-0.05, 0) is 35.7 Å². The van der Waals surface area contributed by atoms with Gasteiger partial charge in [-0.3, -0.25) is 4.90 Å². The van der Waals surface area contributed by atoms with Gasteiger partial charge >= 0.3 is 0 Å². The summed E-state index contributed by atoms with van der Waals surface area (Å²) in [5.41, 5.74) is 9.68.